The molecule has 5 N–H and O–H groups in total. The lowest BCUT2D eigenvalue weighted by molar-refractivity contribution is 0.185. The van der Waals surface area contributed by atoms with Crippen molar-refractivity contribution in [2.24, 2.45) is 21.5 Å². The molecule has 30 heavy (non-hydrogen) atoms. The summed E-state index contributed by atoms with van der Waals surface area (Å²) in [5.74, 6) is -0.726. The number of halogens is 2. The third-order valence-electron chi connectivity index (χ3n) is 4.47. The molecular weight excluding hydrogens is 388 g/mol. The molecule has 0 aromatic heterocycles. The first-order valence-electron chi connectivity index (χ1n) is 9.51. The highest BCUT2D eigenvalue weighted by atomic mass is 19.2. The number of aliphatic imine (C=N–C) groups is 2. The number of piperazine rings is 1. The molecule has 0 bridgehead atoms. The van der Waals surface area contributed by atoms with Crippen molar-refractivity contribution < 1.29 is 8.78 Å². The molecule has 9 heteroatoms. The Kier molecular flexibility index (Phi) is 8.11. The van der Waals surface area contributed by atoms with Gasteiger partial charge in [-0.2, -0.15) is 0 Å². The average Bonchev–Trinajstić information content (AvgIpc) is 2.69. The summed E-state index contributed by atoms with van der Waals surface area (Å²) in [5, 5.41) is 3.07. The van der Waals surface area contributed by atoms with E-state index in [9.17, 15) is 8.78 Å². The van der Waals surface area contributed by atoms with Gasteiger partial charge in [0.05, 0.1) is 0 Å². The van der Waals surface area contributed by atoms with Crippen LogP contribution in [0.5, 0.6) is 0 Å². The summed E-state index contributed by atoms with van der Waals surface area (Å²) in [5.41, 5.74) is 13.2. The van der Waals surface area contributed by atoms with Gasteiger partial charge in [0.1, 0.15) is 17.5 Å². The Morgan fingerprint density at radius 2 is 1.80 bits per heavy atom. The number of nitrogens with zero attached hydrogens (tertiary/aromatic N) is 4. The molecule has 0 aliphatic carbocycles. The topological polar surface area (TPSA) is 95.3 Å². The van der Waals surface area contributed by atoms with Gasteiger partial charge in [-0.1, -0.05) is 6.58 Å². The molecule has 1 saturated heterocycles. The first-order valence-corrected chi connectivity index (χ1v) is 9.51. The van der Waals surface area contributed by atoms with Gasteiger partial charge in [0.15, 0.2) is 11.6 Å². The maximum absolute atomic E-state index is 13.6. The van der Waals surface area contributed by atoms with Gasteiger partial charge in [0.2, 0.25) is 0 Å². The second-order valence-electron chi connectivity index (χ2n) is 7.07. The monoisotopic (exact) mass is 417 g/mol. The molecule has 1 fully saturated rings. The molecule has 0 spiro atoms. The minimum Gasteiger partial charge on any atom is -0.402 e. The molecule has 0 unspecified atom stereocenters. The second kappa shape index (κ2) is 10.5. The van der Waals surface area contributed by atoms with Crippen LogP contribution in [-0.4, -0.2) is 61.7 Å². The fraction of sp³-hybridized carbons (Fsp3) is 0.333. The van der Waals surface area contributed by atoms with Gasteiger partial charge in [0, 0.05) is 56.3 Å². The lowest BCUT2D eigenvalue weighted by Crippen LogP contribution is -2.44. The third kappa shape index (κ3) is 6.70. The highest BCUT2D eigenvalue weighted by Gasteiger charge is 2.17. The Morgan fingerprint density at radius 3 is 2.37 bits per heavy atom. The molecule has 0 atom stereocenters. The van der Waals surface area contributed by atoms with Crippen LogP contribution in [0.2, 0.25) is 0 Å². The maximum Gasteiger partial charge on any atom is 0.159 e. The third-order valence-corrected chi connectivity index (χ3v) is 4.47. The van der Waals surface area contributed by atoms with Crippen molar-refractivity contribution in [3.05, 3.63) is 71.3 Å². The molecule has 1 aliphatic heterocycles. The fourth-order valence-electron chi connectivity index (χ4n) is 2.80. The van der Waals surface area contributed by atoms with Crippen molar-refractivity contribution in [2.45, 2.75) is 6.92 Å². The van der Waals surface area contributed by atoms with E-state index in [1.165, 1.54) is 6.07 Å². The van der Waals surface area contributed by atoms with Crippen LogP contribution in [-0.2, 0) is 0 Å². The van der Waals surface area contributed by atoms with Gasteiger partial charge in [-0.15, -0.1) is 0 Å². The molecule has 0 amide bonds. The zero-order valence-electron chi connectivity index (χ0n) is 17.6. The van der Waals surface area contributed by atoms with Crippen molar-refractivity contribution in [3.63, 3.8) is 0 Å². The number of hydrogen-bond donors (Lipinski definition) is 3. The molecule has 7 nitrogen and oxygen atoms in total. The predicted octanol–water partition coefficient (Wildman–Crippen LogP) is 1.75. The van der Waals surface area contributed by atoms with Gasteiger partial charge >= 0.3 is 0 Å². The van der Waals surface area contributed by atoms with Crippen molar-refractivity contribution in [3.8, 4) is 0 Å². The average molecular weight is 418 g/mol. The van der Waals surface area contributed by atoms with E-state index >= 15 is 0 Å². The van der Waals surface area contributed by atoms with E-state index in [1.54, 1.807) is 26.1 Å². The summed E-state index contributed by atoms with van der Waals surface area (Å²) < 4.78 is 26.8. The lowest BCUT2D eigenvalue weighted by atomic mass is 10.2. The second-order valence-corrected chi connectivity index (χ2v) is 7.07. The lowest BCUT2D eigenvalue weighted by Gasteiger charge is -2.34. The number of likely N-dealkylation sites (N-methyl/N-ethyl adjacent to an activating group) is 1. The molecule has 1 aliphatic rings. The number of benzene rings is 1. The van der Waals surface area contributed by atoms with Crippen LogP contribution in [0, 0.1) is 11.6 Å². The van der Waals surface area contributed by atoms with Crippen LogP contribution in [0.15, 0.2) is 64.1 Å². The summed E-state index contributed by atoms with van der Waals surface area (Å²) >= 11 is 0. The van der Waals surface area contributed by atoms with E-state index in [2.05, 4.69) is 31.7 Å². The van der Waals surface area contributed by atoms with Crippen LogP contribution in [0.4, 0.5) is 8.78 Å². The highest BCUT2D eigenvalue weighted by molar-refractivity contribution is 5.98. The predicted molar refractivity (Wildman–Crippen MR) is 118 cm³/mol. The Morgan fingerprint density at radius 1 is 1.13 bits per heavy atom. The quantitative estimate of drug-likeness (QED) is 0.372. The molecule has 2 rings (SSSR count). The van der Waals surface area contributed by atoms with Gasteiger partial charge < -0.3 is 26.6 Å². The fourth-order valence-corrected chi connectivity index (χ4v) is 2.80. The number of rotatable bonds is 6. The molecule has 1 aromatic rings. The normalized spacial score (nSPS) is 17.3. The summed E-state index contributed by atoms with van der Waals surface area (Å²) in [4.78, 5) is 12.9. The van der Waals surface area contributed by atoms with Crippen molar-refractivity contribution in [1.82, 2.24) is 15.1 Å². The van der Waals surface area contributed by atoms with Crippen LogP contribution in [0.25, 0.3) is 0 Å². The maximum atomic E-state index is 13.6. The van der Waals surface area contributed by atoms with E-state index < -0.39 is 11.6 Å². The Hall–Kier alpha value is -3.20. The van der Waals surface area contributed by atoms with Gasteiger partial charge in [-0.25, -0.2) is 13.8 Å². The van der Waals surface area contributed by atoms with Crippen molar-refractivity contribution in [1.29, 1.82) is 0 Å². The minimum absolute atomic E-state index is 0.0777. The largest absolute Gasteiger partial charge is 0.402 e. The van der Waals surface area contributed by atoms with Gasteiger partial charge in [-0.05, 0) is 38.2 Å². The smallest absolute Gasteiger partial charge is 0.159 e. The Bertz CT molecular complexity index is 891. The zero-order valence-corrected chi connectivity index (χ0v) is 17.6. The van der Waals surface area contributed by atoms with Crippen LogP contribution < -0.4 is 16.8 Å². The molecule has 0 radical (unpaired) electrons. The van der Waals surface area contributed by atoms with E-state index in [4.69, 9.17) is 11.5 Å². The van der Waals surface area contributed by atoms with Crippen LogP contribution >= 0.6 is 0 Å². The number of nitrogens with one attached hydrogen (secondary N) is 1. The first kappa shape index (κ1) is 23.1. The van der Waals surface area contributed by atoms with E-state index in [0.29, 0.717) is 28.6 Å². The van der Waals surface area contributed by atoms with E-state index in [0.717, 1.165) is 38.3 Å². The van der Waals surface area contributed by atoms with Gasteiger partial charge in [0.25, 0.3) is 0 Å². The molecule has 1 aromatic carbocycles. The van der Waals surface area contributed by atoms with Gasteiger partial charge in [-0.3, -0.25) is 4.99 Å². The first-order chi connectivity index (χ1) is 14.2. The molecule has 1 heterocycles. The Balaban J connectivity index is 2.34. The number of amidine groups is 2. The standard InChI is InChI=1S/C21H29F2N7/c1-14(24)11-19(26-3)27-15(2)12-20(30-9-7-29(4)8-10-30)28-21(25)16-5-6-17(22)18(23)13-16/h5-6,11-13H,2,7-10,24H2,1,3-4H3,(H2,25,28)(H,26,27)/b14-11-,20-12+. The molecule has 162 valence electrons. The minimum atomic E-state index is -0.977. The van der Waals surface area contributed by atoms with Crippen molar-refractivity contribution in [2.75, 3.05) is 40.3 Å². The molecular formula is C21H29F2N7. The highest BCUT2D eigenvalue weighted by Crippen LogP contribution is 2.15. The summed E-state index contributed by atoms with van der Waals surface area (Å²) in [6.45, 7) is 8.95. The summed E-state index contributed by atoms with van der Waals surface area (Å²) in [7, 11) is 3.69. The Labute approximate surface area is 176 Å². The van der Waals surface area contributed by atoms with E-state index in [1.807, 2.05) is 7.05 Å². The molecule has 0 saturated carbocycles. The summed E-state index contributed by atoms with van der Waals surface area (Å²) in [6.07, 6.45) is 3.43. The zero-order chi connectivity index (χ0) is 22.3. The number of allylic oxidation sites excluding steroid dienone is 2. The van der Waals surface area contributed by atoms with Crippen LogP contribution in [0.3, 0.4) is 0 Å². The SMILES string of the molecule is C=C(/C=C(\N=C(N)c1ccc(F)c(F)c1)N1CCN(C)CC1)NC(/C=C(/C)N)=NC. The number of nitrogens with two attached hydrogens (primary N) is 2. The summed E-state index contributed by atoms with van der Waals surface area (Å²) in [6, 6.07) is 3.44. The number of hydrogen-bond acceptors (Lipinski definition) is 5. The van der Waals surface area contributed by atoms with E-state index in [-0.39, 0.29) is 5.84 Å². The van der Waals surface area contributed by atoms with Crippen molar-refractivity contribution >= 4 is 11.7 Å². The van der Waals surface area contributed by atoms with Crippen LogP contribution in [0.1, 0.15) is 12.5 Å².